The third-order valence-corrected chi connectivity index (χ3v) is 2.35. The summed E-state index contributed by atoms with van der Waals surface area (Å²) in [6.07, 6.45) is 0.941. The molecule has 19 heavy (non-hydrogen) atoms. The zero-order chi connectivity index (χ0) is 14.1. The van der Waals surface area contributed by atoms with E-state index in [1.807, 2.05) is 6.92 Å². The number of anilines is 1. The zero-order valence-corrected chi connectivity index (χ0v) is 10.9. The highest BCUT2D eigenvalue weighted by Gasteiger charge is 2.10. The van der Waals surface area contributed by atoms with Gasteiger partial charge in [-0.1, -0.05) is 19.1 Å². The number of para-hydroxylation sites is 2. The number of hydrogen-bond acceptors (Lipinski definition) is 4. The first-order chi connectivity index (χ1) is 9.15. The Kier molecular flexibility index (Phi) is 6.14. The highest BCUT2D eigenvalue weighted by atomic mass is 16.6. The Morgan fingerprint density at radius 1 is 1.42 bits per heavy atom. The van der Waals surface area contributed by atoms with E-state index in [0.717, 1.165) is 6.42 Å². The lowest BCUT2D eigenvalue weighted by Crippen LogP contribution is -2.35. The van der Waals surface area contributed by atoms with Gasteiger partial charge in [0.25, 0.3) is 5.69 Å². The van der Waals surface area contributed by atoms with E-state index in [2.05, 4.69) is 15.6 Å². The van der Waals surface area contributed by atoms with Crippen molar-refractivity contribution in [2.45, 2.75) is 13.3 Å². The lowest BCUT2D eigenvalue weighted by molar-refractivity contribution is -0.384. The number of aliphatic imine (C=N–C) groups is 1. The smallest absolute Gasteiger partial charge is 0.292 e. The average molecular weight is 265 g/mol. The molecule has 0 aliphatic heterocycles. The maximum atomic E-state index is 10.8. The molecule has 0 aliphatic carbocycles. The van der Waals surface area contributed by atoms with Crippen molar-refractivity contribution in [2.24, 2.45) is 10.7 Å². The molecule has 0 amide bonds. The third kappa shape index (κ3) is 5.24. The van der Waals surface area contributed by atoms with Crippen LogP contribution in [0.2, 0.25) is 0 Å². The molecule has 0 atom stereocenters. The molecular formula is C12H19N5O2. The van der Waals surface area contributed by atoms with Gasteiger partial charge in [0.05, 0.1) is 4.92 Å². The molecule has 0 fully saturated rings. The molecule has 0 radical (unpaired) electrons. The van der Waals surface area contributed by atoms with Crippen molar-refractivity contribution in [3.8, 4) is 0 Å². The van der Waals surface area contributed by atoms with Crippen molar-refractivity contribution in [3.05, 3.63) is 34.4 Å². The van der Waals surface area contributed by atoms with Crippen LogP contribution in [0.15, 0.2) is 29.3 Å². The third-order valence-electron chi connectivity index (χ3n) is 2.35. The van der Waals surface area contributed by atoms with Crippen molar-refractivity contribution in [2.75, 3.05) is 25.0 Å². The molecule has 1 aromatic carbocycles. The van der Waals surface area contributed by atoms with E-state index >= 15 is 0 Å². The monoisotopic (exact) mass is 265 g/mol. The Morgan fingerprint density at radius 2 is 2.16 bits per heavy atom. The second-order valence-electron chi connectivity index (χ2n) is 3.89. The minimum absolute atomic E-state index is 0.0649. The first kappa shape index (κ1) is 14.7. The molecule has 1 rings (SSSR count). The molecular weight excluding hydrogens is 246 g/mol. The summed E-state index contributed by atoms with van der Waals surface area (Å²) in [5.41, 5.74) is 6.18. The number of nitrogens with one attached hydrogen (secondary N) is 2. The summed E-state index contributed by atoms with van der Waals surface area (Å²) in [5.74, 6) is 0.395. The van der Waals surface area contributed by atoms with Crippen LogP contribution >= 0.6 is 0 Å². The Labute approximate surface area is 112 Å². The van der Waals surface area contributed by atoms with Crippen LogP contribution in [0.3, 0.4) is 0 Å². The molecule has 0 spiro atoms. The average Bonchev–Trinajstić information content (AvgIpc) is 2.41. The van der Waals surface area contributed by atoms with Crippen molar-refractivity contribution in [1.82, 2.24) is 5.32 Å². The standard InChI is InChI=1S/C12H19N5O2/c1-2-7-15-12(13)16-9-8-14-10-5-3-4-6-11(10)17(18)19/h3-6,14H,2,7-9H2,1H3,(H3,13,15,16). The van der Waals surface area contributed by atoms with Crippen LogP contribution in [0.5, 0.6) is 0 Å². The lowest BCUT2D eigenvalue weighted by atomic mass is 10.2. The number of nitrogens with two attached hydrogens (primary N) is 1. The van der Waals surface area contributed by atoms with Crippen LogP contribution in [-0.2, 0) is 0 Å². The van der Waals surface area contributed by atoms with E-state index in [0.29, 0.717) is 31.3 Å². The van der Waals surface area contributed by atoms with Gasteiger partial charge in [-0.3, -0.25) is 15.1 Å². The minimum Gasteiger partial charge on any atom is -0.378 e. The van der Waals surface area contributed by atoms with Gasteiger partial charge >= 0.3 is 0 Å². The van der Waals surface area contributed by atoms with Gasteiger partial charge in [0.1, 0.15) is 5.69 Å². The number of nitrogens with zero attached hydrogens (tertiary/aromatic N) is 2. The molecule has 0 saturated carbocycles. The van der Waals surface area contributed by atoms with Gasteiger partial charge in [0.15, 0.2) is 5.96 Å². The molecule has 0 unspecified atom stereocenters. The molecule has 0 aliphatic rings. The molecule has 1 aromatic rings. The SMILES string of the molecule is CCCN=C(N)NCCNc1ccccc1[N+](=O)[O-]. The minimum atomic E-state index is -0.410. The van der Waals surface area contributed by atoms with E-state index in [-0.39, 0.29) is 5.69 Å². The first-order valence-corrected chi connectivity index (χ1v) is 6.16. The fourth-order valence-corrected chi connectivity index (χ4v) is 1.46. The Hall–Kier alpha value is -2.31. The maximum Gasteiger partial charge on any atom is 0.292 e. The van der Waals surface area contributed by atoms with Crippen LogP contribution in [0.4, 0.5) is 11.4 Å². The summed E-state index contributed by atoms with van der Waals surface area (Å²) >= 11 is 0. The molecule has 104 valence electrons. The number of benzene rings is 1. The summed E-state index contributed by atoms with van der Waals surface area (Å²) in [6.45, 7) is 3.78. The van der Waals surface area contributed by atoms with Crippen LogP contribution in [0.25, 0.3) is 0 Å². The molecule has 4 N–H and O–H groups in total. The van der Waals surface area contributed by atoms with E-state index in [9.17, 15) is 10.1 Å². The second-order valence-corrected chi connectivity index (χ2v) is 3.89. The summed E-state index contributed by atoms with van der Waals surface area (Å²) in [7, 11) is 0. The highest BCUT2D eigenvalue weighted by Crippen LogP contribution is 2.22. The zero-order valence-electron chi connectivity index (χ0n) is 10.9. The van der Waals surface area contributed by atoms with Crippen LogP contribution < -0.4 is 16.4 Å². The van der Waals surface area contributed by atoms with Gasteiger partial charge in [0, 0.05) is 25.7 Å². The fourth-order valence-electron chi connectivity index (χ4n) is 1.46. The molecule has 0 heterocycles. The van der Waals surface area contributed by atoms with Gasteiger partial charge in [-0.2, -0.15) is 0 Å². The first-order valence-electron chi connectivity index (χ1n) is 6.16. The second kappa shape index (κ2) is 7.91. The lowest BCUT2D eigenvalue weighted by Gasteiger charge is -2.08. The topological polar surface area (TPSA) is 106 Å². The molecule has 0 bridgehead atoms. The highest BCUT2D eigenvalue weighted by molar-refractivity contribution is 5.77. The number of nitro benzene ring substituents is 1. The molecule has 7 nitrogen and oxygen atoms in total. The van der Waals surface area contributed by atoms with Gasteiger partial charge < -0.3 is 16.4 Å². The van der Waals surface area contributed by atoms with Crippen molar-refractivity contribution < 1.29 is 4.92 Å². The Balaban J connectivity index is 2.40. The van der Waals surface area contributed by atoms with E-state index in [1.54, 1.807) is 18.2 Å². The van der Waals surface area contributed by atoms with Gasteiger partial charge in [-0.25, -0.2) is 0 Å². The predicted molar refractivity (Wildman–Crippen MR) is 76.4 cm³/mol. The number of nitro groups is 1. The van der Waals surface area contributed by atoms with E-state index < -0.39 is 4.92 Å². The summed E-state index contributed by atoms with van der Waals surface area (Å²) < 4.78 is 0. The van der Waals surface area contributed by atoms with Crippen LogP contribution in [0.1, 0.15) is 13.3 Å². The quantitative estimate of drug-likeness (QED) is 0.227. The summed E-state index contributed by atoms with van der Waals surface area (Å²) in [5, 5.41) is 16.7. The largest absolute Gasteiger partial charge is 0.378 e. The molecule has 7 heteroatoms. The van der Waals surface area contributed by atoms with Gasteiger partial charge in [0.2, 0.25) is 0 Å². The maximum absolute atomic E-state index is 10.8. The van der Waals surface area contributed by atoms with Gasteiger partial charge in [-0.05, 0) is 12.5 Å². The fraction of sp³-hybridized carbons (Fsp3) is 0.417. The summed E-state index contributed by atoms with van der Waals surface area (Å²) in [6, 6.07) is 6.52. The number of guanidine groups is 1. The van der Waals surface area contributed by atoms with E-state index in [1.165, 1.54) is 6.07 Å². The van der Waals surface area contributed by atoms with Crippen LogP contribution in [-0.4, -0.2) is 30.5 Å². The van der Waals surface area contributed by atoms with Crippen LogP contribution in [0, 0.1) is 10.1 Å². The van der Waals surface area contributed by atoms with Crippen molar-refractivity contribution in [1.29, 1.82) is 0 Å². The predicted octanol–water partition coefficient (Wildman–Crippen LogP) is 1.32. The Bertz CT molecular complexity index is 448. The molecule has 0 saturated heterocycles. The van der Waals surface area contributed by atoms with Crippen molar-refractivity contribution in [3.63, 3.8) is 0 Å². The normalized spacial score (nSPS) is 11.1. The van der Waals surface area contributed by atoms with E-state index in [4.69, 9.17) is 5.73 Å². The Morgan fingerprint density at radius 3 is 2.84 bits per heavy atom. The number of hydrogen-bond donors (Lipinski definition) is 3. The van der Waals surface area contributed by atoms with Gasteiger partial charge in [-0.15, -0.1) is 0 Å². The summed E-state index contributed by atoms with van der Waals surface area (Å²) in [4.78, 5) is 14.5. The molecule has 0 aromatic heterocycles. The van der Waals surface area contributed by atoms with Crippen molar-refractivity contribution >= 4 is 17.3 Å². The number of rotatable bonds is 7.